The number of hydrogen-bond donors (Lipinski definition) is 0. The Morgan fingerprint density at radius 1 is 1.55 bits per heavy atom. The lowest BCUT2D eigenvalue weighted by Crippen LogP contribution is -1.90. The highest BCUT2D eigenvalue weighted by atomic mass is 79.9. The smallest absolute Gasteiger partial charge is 0.132 e. The van der Waals surface area contributed by atoms with E-state index in [-0.39, 0.29) is 5.92 Å². The predicted molar refractivity (Wildman–Crippen MR) is 98.2 cm³/mol. The monoisotopic (exact) mass is 377 g/mol. The number of ether oxygens (including phenoxy) is 1. The Morgan fingerprint density at radius 2 is 2.32 bits per heavy atom. The highest BCUT2D eigenvalue weighted by Crippen LogP contribution is 2.33. The van der Waals surface area contributed by atoms with Crippen LogP contribution in [0.1, 0.15) is 13.3 Å². The van der Waals surface area contributed by atoms with Gasteiger partial charge in [-0.1, -0.05) is 40.2 Å². The van der Waals surface area contributed by atoms with E-state index in [1.807, 2.05) is 37.3 Å². The largest absolute Gasteiger partial charge is 0.496 e. The molecule has 22 heavy (non-hydrogen) atoms. The standard InChI is InChI=1S/C18H20BrNOS/c1-4-5-6-15(8-7-14(2)12-20)13-22-18-11-16(19)9-10-17(18)21-3/h4,6-11,14H,1,5,13H2,2-3H3/b8-7-,15-6+. The molecule has 0 saturated heterocycles. The second-order valence-electron chi connectivity index (χ2n) is 4.66. The SMILES string of the molecule is C=CC/C=C(\C=C/C(C)C#N)CSc1cc(Br)ccc1OC. The van der Waals surface area contributed by atoms with Crippen molar-refractivity contribution >= 4 is 27.7 Å². The van der Waals surface area contributed by atoms with Crippen molar-refractivity contribution in [3.63, 3.8) is 0 Å². The van der Waals surface area contributed by atoms with Gasteiger partial charge in [0.2, 0.25) is 0 Å². The molecule has 0 aliphatic carbocycles. The molecule has 2 nitrogen and oxygen atoms in total. The van der Waals surface area contributed by atoms with Crippen LogP contribution in [0.3, 0.4) is 0 Å². The fourth-order valence-corrected chi connectivity index (χ4v) is 3.20. The van der Waals surface area contributed by atoms with Crippen molar-refractivity contribution in [2.24, 2.45) is 5.92 Å². The number of halogens is 1. The summed E-state index contributed by atoms with van der Waals surface area (Å²) in [7, 11) is 1.68. The Morgan fingerprint density at radius 3 is 2.95 bits per heavy atom. The van der Waals surface area contributed by atoms with Gasteiger partial charge in [0.15, 0.2) is 0 Å². The van der Waals surface area contributed by atoms with Gasteiger partial charge in [0, 0.05) is 10.2 Å². The number of allylic oxidation sites excluding steroid dienone is 4. The Labute approximate surface area is 145 Å². The number of benzene rings is 1. The van der Waals surface area contributed by atoms with Gasteiger partial charge in [-0.15, -0.1) is 18.3 Å². The molecule has 1 rings (SSSR count). The summed E-state index contributed by atoms with van der Waals surface area (Å²) in [6.07, 6.45) is 8.76. The van der Waals surface area contributed by atoms with E-state index >= 15 is 0 Å². The van der Waals surface area contributed by atoms with Gasteiger partial charge in [0.1, 0.15) is 5.75 Å². The van der Waals surface area contributed by atoms with Crippen LogP contribution in [0.4, 0.5) is 0 Å². The molecule has 0 aliphatic rings. The summed E-state index contributed by atoms with van der Waals surface area (Å²) in [6.45, 7) is 5.63. The summed E-state index contributed by atoms with van der Waals surface area (Å²) >= 11 is 5.20. The quantitative estimate of drug-likeness (QED) is 0.327. The van der Waals surface area contributed by atoms with Gasteiger partial charge in [-0.25, -0.2) is 0 Å². The molecule has 0 amide bonds. The first-order chi connectivity index (χ1) is 10.6. The first-order valence-corrected chi connectivity index (χ1v) is 8.72. The summed E-state index contributed by atoms with van der Waals surface area (Å²) in [5.41, 5.74) is 1.18. The number of nitrogens with zero attached hydrogens (tertiary/aromatic N) is 1. The van der Waals surface area contributed by atoms with Crippen LogP contribution < -0.4 is 4.74 Å². The number of methoxy groups -OCH3 is 1. The third-order valence-corrected chi connectivity index (χ3v) is 4.47. The van der Waals surface area contributed by atoms with Crippen LogP contribution in [0.2, 0.25) is 0 Å². The molecule has 0 bridgehead atoms. The predicted octanol–water partition coefficient (Wildman–Crippen LogP) is 5.77. The molecule has 0 saturated carbocycles. The molecule has 1 aromatic rings. The zero-order valence-electron chi connectivity index (χ0n) is 12.9. The van der Waals surface area contributed by atoms with Crippen molar-refractivity contribution in [1.82, 2.24) is 0 Å². The van der Waals surface area contributed by atoms with Crippen LogP contribution in [0, 0.1) is 17.2 Å². The van der Waals surface area contributed by atoms with E-state index in [0.717, 1.165) is 27.3 Å². The molecule has 0 heterocycles. The number of rotatable bonds is 8. The molecule has 0 aliphatic heterocycles. The maximum Gasteiger partial charge on any atom is 0.132 e. The second kappa shape index (κ2) is 10.3. The molecule has 0 fully saturated rings. The van der Waals surface area contributed by atoms with Gasteiger partial charge in [0.25, 0.3) is 0 Å². The summed E-state index contributed by atoms with van der Waals surface area (Å²) in [4.78, 5) is 1.09. The summed E-state index contributed by atoms with van der Waals surface area (Å²) in [5, 5.41) is 8.87. The first-order valence-electron chi connectivity index (χ1n) is 6.94. The zero-order valence-corrected chi connectivity index (χ0v) is 15.3. The lowest BCUT2D eigenvalue weighted by molar-refractivity contribution is 0.404. The maximum atomic E-state index is 8.87. The van der Waals surface area contributed by atoms with Gasteiger partial charge in [-0.3, -0.25) is 0 Å². The van der Waals surface area contributed by atoms with E-state index in [4.69, 9.17) is 10.00 Å². The Kier molecular flexibility index (Phi) is 8.72. The van der Waals surface area contributed by atoms with Crippen LogP contribution in [-0.2, 0) is 0 Å². The van der Waals surface area contributed by atoms with Gasteiger partial charge in [-0.2, -0.15) is 5.26 Å². The average Bonchev–Trinajstić information content (AvgIpc) is 2.53. The van der Waals surface area contributed by atoms with Crippen LogP contribution in [0.25, 0.3) is 0 Å². The van der Waals surface area contributed by atoms with Gasteiger partial charge < -0.3 is 4.74 Å². The van der Waals surface area contributed by atoms with Crippen molar-refractivity contribution < 1.29 is 4.74 Å². The van der Waals surface area contributed by atoms with E-state index in [0.29, 0.717) is 0 Å². The van der Waals surface area contributed by atoms with Gasteiger partial charge in [-0.05, 0) is 37.1 Å². The topological polar surface area (TPSA) is 33.0 Å². The number of hydrogen-bond acceptors (Lipinski definition) is 3. The fourth-order valence-electron chi connectivity index (χ4n) is 1.65. The van der Waals surface area contributed by atoms with E-state index in [2.05, 4.69) is 40.7 Å². The lowest BCUT2D eigenvalue weighted by Gasteiger charge is -2.09. The van der Waals surface area contributed by atoms with Crippen molar-refractivity contribution in [2.75, 3.05) is 12.9 Å². The molecule has 0 spiro atoms. The summed E-state index contributed by atoms with van der Waals surface area (Å²) < 4.78 is 6.42. The summed E-state index contributed by atoms with van der Waals surface area (Å²) in [5.74, 6) is 1.60. The molecular formula is C18H20BrNOS. The van der Waals surface area contributed by atoms with Crippen LogP contribution >= 0.6 is 27.7 Å². The second-order valence-corrected chi connectivity index (χ2v) is 6.60. The van der Waals surface area contributed by atoms with Gasteiger partial charge in [0.05, 0.1) is 24.0 Å². The molecular weight excluding hydrogens is 358 g/mol. The summed E-state index contributed by atoms with van der Waals surface area (Å²) in [6, 6.07) is 8.18. The van der Waals surface area contributed by atoms with Crippen molar-refractivity contribution in [2.45, 2.75) is 18.2 Å². The third kappa shape index (κ3) is 6.55. The molecule has 0 N–H and O–H groups in total. The van der Waals surface area contributed by atoms with Gasteiger partial charge >= 0.3 is 0 Å². The minimum atomic E-state index is -0.0856. The lowest BCUT2D eigenvalue weighted by atomic mass is 10.1. The van der Waals surface area contributed by atoms with Crippen LogP contribution in [0.5, 0.6) is 5.75 Å². The van der Waals surface area contributed by atoms with E-state index in [9.17, 15) is 0 Å². The minimum absolute atomic E-state index is 0.0856. The van der Waals surface area contributed by atoms with Crippen molar-refractivity contribution in [1.29, 1.82) is 5.26 Å². The van der Waals surface area contributed by atoms with E-state index < -0.39 is 0 Å². The molecule has 0 aromatic heterocycles. The molecule has 116 valence electrons. The van der Waals surface area contributed by atoms with E-state index in [1.54, 1.807) is 18.9 Å². The number of nitriles is 1. The minimum Gasteiger partial charge on any atom is -0.496 e. The molecule has 0 radical (unpaired) electrons. The number of thioether (sulfide) groups is 1. The molecule has 1 unspecified atom stereocenters. The Bertz CT molecular complexity index is 602. The molecule has 1 aromatic carbocycles. The molecule has 4 heteroatoms. The maximum absolute atomic E-state index is 8.87. The first kappa shape index (κ1) is 18.6. The zero-order chi connectivity index (χ0) is 16.4. The van der Waals surface area contributed by atoms with E-state index in [1.165, 1.54) is 5.57 Å². The normalized spacial score (nSPS) is 12.9. The highest BCUT2D eigenvalue weighted by molar-refractivity contribution is 9.10. The fraction of sp³-hybridized carbons (Fsp3) is 0.278. The van der Waals surface area contributed by atoms with Crippen molar-refractivity contribution in [3.05, 3.63) is 59.1 Å². The van der Waals surface area contributed by atoms with Crippen LogP contribution in [0.15, 0.2) is 64.0 Å². The third-order valence-electron chi connectivity index (χ3n) is 2.87. The average molecular weight is 378 g/mol. The molecule has 1 atom stereocenters. The highest BCUT2D eigenvalue weighted by Gasteiger charge is 2.05. The Balaban J connectivity index is 2.83. The Hall–Kier alpha value is -1.44. The van der Waals surface area contributed by atoms with Crippen LogP contribution in [-0.4, -0.2) is 12.9 Å². The van der Waals surface area contributed by atoms with Crippen molar-refractivity contribution in [3.8, 4) is 11.8 Å².